The molecule has 1 heterocycles. The third kappa shape index (κ3) is 4.21. The van der Waals surface area contributed by atoms with Crippen LogP contribution in [0.15, 0.2) is 48.5 Å². The van der Waals surface area contributed by atoms with Gasteiger partial charge in [0.2, 0.25) is 11.8 Å². The second kappa shape index (κ2) is 8.49. The summed E-state index contributed by atoms with van der Waals surface area (Å²) in [6, 6.07) is 15.3. The highest BCUT2D eigenvalue weighted by Crippen LogP contribution is 2.38. The molecule has 6 nitrogen and oxygen atoms in total. The normalized spacial score (nSPS) is 15.7. The van der Waals surface area contributed by atoms with E-state index in [1.165, 1.54) is 7.11 Å². The standard InChI is InChI=1S/C20H22N2O4/c1-25-17-9-5-8-15-16(12-18(23)22-19(15)17)20(24)21-10-11-26-13-14-6-3-2-4-7-14/h2-9,16H,10-13H2,1H3,(H,21,24)(H,22,23)/t16-/m0/s1. The lowest BCUT2D eigenvalue weighted by Crippen LogP contribution is -2.36. The van der Waals surface area contributed by atoms with Crippen LogP contribution >= 0.6 is 0 Å². The number of carbonyl (C=O) groups excluding carboxylic acids is 2. The number of para-hydroxylation sites is 1. The van der Waals surface area contributed by atoms with Gasteiger partial charge in [-0.25, -0.2) is 0 Å². The molecule has 0 saturated heterocycles. The molecule has 0 spiro atoms. The van der Waals surface area contributed by atoms with Crippen molar-refractivity contribution < 1.29 is 19.1 Å². The molecule has 0 radical (unpaired) electrons. The number of amides is 2. The Morgan fingerprint density at radius 2 is 2.00 bits per heavy atom. The van der Waals surface area contributed by atoms with E-state index in [0.717, 1.165) is 11.1 Å². The molecule has 3 rings (SSSR count). The van der Waals surface area contributed by atoms with Gasteiger partial charge >= 0.3 is 0 Å². The summed E-state index contributed by atoms with van der Waals surface area (Å²) in [6.07, 6.45) is 0.122. The first kappa shape index (κ1) is 17.9. The summed E-state index contributed by atoms with van der Waals surface area (Å²) in [6.45, 7) is 1.30. The summed E-state index contributed by atoms with van der Waals surface area (Å²) in [5.74, 6) is -0.345. The first-order valence-corrected chi connectivity index (χ1v) is 8.55. The smallest absolute Gasteiger partial charge is 0.228 e. The molecule has 2 aromatic rings. The van der Waals surface area contributed by atoms with E-state index in [9.17, 15) is 9.59 Å². The van der Waals surface area contributed by atoms with Crippen LogP contribution in [0.1, 0.15) is 23.5 Å². The van der Waals surface area contributed by atoms with Crippen LogP contribution in [0.25, 0.3) is 0 Å². The lowest BCUT2D eigenvalue weighted by Gasteiger charge is -2.26. The summed E-state index contributed by atoms with van der Waals surface area (Å²) in [5, 5.41) is 5.64. The van der Waals surface area contributed by atoms with Crippen LogP contribution in [0.4, 0.5) is 5.69 Å². The van der Waals surface area contributed by atoms with Gasteiger partial charge in [-0.1, -0.05) is 42.5 Å². The van der Waals surface area contributed by atoms with Crippen LogP contribution in [-0.2, 0) is 20.9 Å². The summed E-state index contributed by atoms with van der Waals surface area (Å²) in [4.78, 5) is 24.5. The Bertz CT molecular complexity index is 777. The van der Waals surface area contributed by atoms with Crippen molar-refractivity contribution in [1.82, 2.24) is 5.32 Å². The number of hydrogen-bond acceptors (Lipinski definition) is 4. The van der Waals surface area contributed by atoms with Crippen molar-refractivity contribution in [2.75, 3.05) is 25.6 Å². The van der Waals surface area contributed by atoms with Crippen molar-refractivity contribution in [2.24, 2.45) is 0 Å². The van der Waals surface area contributed by atoms with Crippen LogP contribution in [-0.4, -0.2) is 32.1 Å². The van der Waals surface area contributed by atoms with Crippen LogP contribution < -0.4 is 15.4 Å². The molecule has 1 aliphatic rings. The maximum atomic E-state index is 12.6. The number of hydrogen-bond donors (Lipinski definition) is 2. The van der Waals surface area contributed by atoms with Gasteiger partial charge in [-0.05, 0) is 17.2 Å². The van der Waals surface area contributed by atoms with Gasteiger partial charge < -0.3 is 20.1 Å². The van der Waals surface area contributed by atoms with Crippen molar-refractivity contribution >= 4 is 17.5 Å². The van der Waals surface area contributed by atoms with Gasteiger partial charge in [0.05, 0.1) is 31.9 Å². The topological polar surface area (TPSA) is 76.7 Å². The summed E-state index contributed by atoms with van der Waals surface area (Å²) in [5.41, 5.74) is 2.43. The minimum Gasteiger partial charge on any atom is -0.495 e. The van der Waals surface area contributed by atoms with Crippen molar-refractivity contribution in [3.8, 4) is 5.75 Å². The average Bonchev–Trinajstić information content (AvgIpc) is 2.67. The van der Waals surface area contributed by atoms with Crippen LogP contribution in [0.3, 0.4) is 0 Å². The second-order valence-corrected chi connectivity index (χ2v) is 6.06. The molecule has 6 heteroatoms. The number of rotatable bonds is 7. The molecule has 2 N–H and O–H groups in total. The molecule has 2 amide bonds. The molecular weight excluding hydrogens is 332 g/mol. The highest BCUT2D eigenvalue weighted by atomic mass is 16.5. The first-order valence-electron chi connectivity index (χ1n) is 8.55. The molecule has 26 heavy (non-hydrogen) atoms. The zero-order valence-corrected chi connectivity index (χ0v) is 14.7. The number of nitrogens with one attached hydrogen (secondary N) is 2. The van der Waals surface area contributed by atoms with Crippen LogP contribution in [0.5, 0.6) is 5.75 Å². The van der Waals surface area contributed by atoms with E-state index in [4.69, 9.17) is 9.47 Å². The molecule has 0 saturated carbocycles. The fourth-order valence-corrected chi connectivity index (χ4v) is 3.00. The van der Waals surface area contributed by atoms with Crippen molar-refractivity contribution in [1.29, 1.82) is 0 Å². The van der Waals surface area contributed by atoms with E-state index in [2.05, 4.69) is 10.6 Å². The molecule has 2 aromatic carbocycles. The highest BCUT2D eigenvalue weighted by Gasteiger charge is 2.32. The lowest BCUT2D eigenvalue weighted by atomic mass is 9.89. The molecule has 0 bridgehead atoms. The number of methoxy groups -OCH3 is 1. The Kier molecular flexibility index (Phi) is 5.86. The van der Waals surface area contributed by atoms with Gasteiger partial charge in [0.25, 0.3) is 0 Å². The van der Waals surface area contributed by atoms with Gasteiger partial charge in [-0.2, -0.15) is 0 Å². The average molecular weight is 354 g/mol. The number of fused-ring (bicyclic) bond motifs is 1. The zero-order chi connectivity index (χ0) is 18.4. The van der Waals surface area contributed by atoms with Gasteiger partial charge in [-0.15, -0.1) is 0 Å². The lowest BCUT2D eigenvalue weighted by molar-refractivity contribution is -0.126. The fraction of sp³-hybridized carbons (Fsp3) is 0.300. The Hall–Kier alpha value is -2.86. The Morgan fingerprint density at radius 3 is 2.77 bits per heavy atom. The van der Waals surface area contributed by atoms with E-state index in [0.29, 0.717) is 31.2 Å². The monoisotopic (exact) mass is 354 g/mol. The predicted molar refractivity (Wildman–Crippen MR) is 98.1 cm³/mol. The third-order valence-corrected chi connectivity index (χ3v) is 4.28. The SMILES string of the molecule is COc1cccc2c1NC(=O)C[C@@H]2C(=O)NCCOCc1ccccc1. The van der Waals surface area contributed by atoms with Crippen molar-refractivity contribution in [2.45, 2.75) is 18.9 Å². The van der Waals surface area contributed by atoms with Gasteiger partial charge in [0.15, 0.2) is 0 Å². The van der Waals surface area contributed by atoms with E-state index in [-0.39, 0.29) is 18.2 Å². The number of anilines is 1. The molecule has 1 aliphatic heterocycles. The van der Waals surface area contributed by atoms with Crippen LogP contribution in [0, 0.1) is 0 Å². The minimum absolute atomic E-state index is 0.122. The molecule has 136 valence electrons. The van der Waals surface area contributed by atoms with E-state index in [1.54, 1.807) is 6.07 Å². The molecule has 1 atom stereocenters. The van der Waals surface area contributed by atoms with E-state index < -0.39 is 5.92 Å². The summed E-state index contributed by atoms with van der Waals surface area (Å²) < 4.78 is 10.8. The predicted octanol–water partition coefficient (Wildman–Crippen LogP) is 2.45. The molecular formula is C20H22N2O4. The zero-order valence-electron chi connectivity index (χ0n) is 14.7. The number of benzene rings is 2. The molecule has 0 unspecified atom stereocenters. The van der Waals surface area contributed by atoms with Crippen LogP contribution in [0.2, 0.25) is 0 Å². The maximum absolute atomic E-state index is 12.6. The first-order chi connectivity index (χ1) is 12.7. The summed E-state index contributed by atoms with van der Waals surface area (Å²) in [7, 11) is 1.54. The van der Waals surface area contributed by atoms with Crippen molar-refractivity contribution in [3.63, 3.8) is 0 Å². The Labute approximate surface area is 152 Å². The van der Waals surface area contributed by atoms with Gasteiger partial charge in [-0.3, -0.25) is 9.59 Å². The minimum atomic E-state index is -0.525. The van der Waals surface area contributed by atoms with Crippen molar-refractivity contribution in [3.05, 3.63) is 59.7 Å². The fourth-order valence-electron chi connectivity index (χ4n) is 3.00. The van der Waals surface area contributed by atoms with Gasteiger partial charge in [0.1, 0.15) is 5.75 Å². The van der Waals surface area contributed by atoms with E-state index >= 15 is 0 Å². The summed E-state index contributed by atoms with van der Waals surface area (Å²) >= 11 is 0. The third-order valence-electron chi connectivity index (χ3n) is 4.28. The number of carbonyl (C=O) groups is 2. The van der Waals surface area contributed by atoms with Gasteiger partial charge in [0, 0.05) is 13.0 Å². The quantitative estimate of drug-likeness (QED) is 0.749. The molecule has 0 aliphatic carbocycles. The molecule has 0 fully saturated rings. The Morgan fingerprint density at radius 1 is 1.19 bits per heavy atom. The largest absolute Gasteiger partial charge is 0.495 e. The molecule has 0 aromatic heterocycles. The van der Waals surface area contributed by atoms with E-state index in [1.807, 2.05) is 42.5 Å². The number of ether oxygens (including phenoxy) is 2. The second-order valence-electron chi connectivity index (χ2n) is 6.06. The Balaban J connectivity index is 1.54. The highest BCUT2D eigenvalue weighted by molar-refractivity contribution is 6.02. The maximum Gasteiger partial charge on any atom is 0.228 e.